The molecule has 4 rings (SSSR count). The van der Waals surface area contributed by atoms with Gasteiger partial charge >= 0.3 is 6.09 Å². The Hall–Kier alpha value is -2.34. The lowest BCUT2D eigenvalue weighted by atomic mass is 9.70. The number of carbonyl (C=O) groups excluding carboxylic acids is 2. The van der Waals surface area contributed by atoms with Gasteiger partial charge in [-0.25, -0.2) is 4.79 Å². The number of benzene rings is 1. The number of allylic oxidation sites excluding steroid dienone is 3. The molecule has 27 heavy (non-hydrogen) atoms. The van der Waals surface area contributed by atoms with E-state index in [9.17, 15) is 9.59 Å². The first-order chi connectivity index (χ1) is 13.1. The van der Waals surface area contributed by atoms with E-state index in [4.69, 9.17) is 4.74 Å². The van der Waals surface area contributed by atoms with E-state index in [0.29, 0.717) is 13.0 Å². The highest BCUT2D eigenvalue weighted by atomic mass is 79.9. The number of fused-ring (bicyclic) bond motifs is 1. The molecule has 0 saturated carbocycles. The third kappa shape index (κ3) is 3.12. The maximum absolute atomic E-state index is 13.0. The number of amides is 1. The van der Waals surface area contributed by atoms with Crippen LogP contribution in [0.25, 0.3) is 0 Å². The van der Waals surface area contributed by atoms with Gasteiger partial charge in [-0.1, -0.05) is 46.3 Å². The summed E-state index contributed by atoms with van der Waals surface area (Å²) < 4.78 is 5.10. The molecule has 0 fully saturated rings. The summed E-state index contributed by atoms with van der Waals surface area (Å²) in [7, 11) is 0. The lowest BCUT2D eigenvalue weighted by Crippen LogP contribution is -2.46. The second-order valence-corrected chi connectivity index (χ2v) is 7.40. The average molecular weight is 429 g/mol. The van der Waals surface area contributed by atoms with Crippen LogP contribution in [0.3, 0.4) is 0 Å². The minimum Gasteiger partial charge on any atom is -0.450 e. The summed E-state index contributed by atoms with van der Waals surface area (Å²) in [5.41, 5.74) is 5.13. The Morgan fingerprint density at radius 1 is 1.30 bits per heavy atom. The summed E-state index contributed by atoms with van der Waals surface area (Å²) in [4.78, 5) is 25.2. The highest BCUT2D eigenvalue weighted by molar-refractivity contribution is 9.09. The van der Waals surface area contributed by atoms with Crippen LogP contribution in [0.4, 0.5) is 10.5 Å². The van der Waals surface area contributed by atoms with Gasteiger partial charge in [0.25, 0.3) is 0 Å². The van der Waals surface area contributed by atoms with Crippen LogP contribution in [0.5, 0.6) is 0 Å². The minimum absolute atomic E-state index is 0.104. The standard InChI is InChI=1S/C21H21BrN2O3/c1-2-27-21(26)24-16-10-8-12-7-9-15-18(12)20(16)19(17(25)11-22)13-5-3-4-6-14(13)23-15/h3-9,16,19-20,23H,2,10-11H2,1H3,(H,24,26)/t16-,19?,20-/m0/s1. The fourth-order valence-corrected chi connectivity index (χ4v) is 4.67. The van der Waals surface area contributed by atoms with Crippen molar-refractivity contribution in [3.63, 3.8) is 0 Å². The van der Waals surface area contributed by atoms with Crippen LogP contribution in [0, 0.1) is 5.92 Å². The number of rotatable bonds is 4. The molecule has 0 aromatic heterocycles. The van der Waals surface area contributed by atoms with Crippen molar-refractivity contribution in [2.45, 2.75) is 25.3 Å². The number of hydrogen-bond acceptors (Lipinski definition) is 4. The molecular weight excluding hydrogens is 408 g/mol. The summed E-state index contributed by atoms with van der Waals surface area (Å²) in [6.07, 6.45) is 6.48. The van der Waals surface area contributed by atoms with Crippen molar-refractivity contribution in [3.8, 4) is 0 Å². The minimum atomic E-state index is -0.442. The number of ether oxygens (including phenoxy) is 1. The van der Waals surface area contributed by atoms with Gasteiger partial charge in [-0.2, -0.15) is 0 Å². The van der Waals surface area contributed by atoms with Gasteiger partial charge in [0.15, 0.2) is 5.78 Å². The second-order valence-electron chi connectivity index (χ2n) is 6.84. The third-order valence-electron chi connectivity index (χ3n) is 5.37. The number of hydrogen-bond donors (Lipinski definition) is 2. The first kappa shape index (κ1) is 18.0. The van der Waals surface area contributed by atoms with Crippen LogP contribution in [0.15, 0.2) is 59.3 Å². The van der Waals surface area contributed by atoms with Crippen molar-refractivity contribution in [3.05, 3.63) is 64.9 Å². The quantitative estimate of drug-likeness (QED) is 0.709. The molecule has 3 atom stereocenters. The molecule has 0 radical (unpaired) electrons. The van der Waals surface area contributed by atoms with E-state index in [0.717, 1.165) is 28.1 Å². The van der Waals surface area contributed by atoms with Crippen LogP contribution in [-0.2, 0) is 9.53 Å². The molecule has 1 heterocycles. The summed E-state index contributed by atoms with van der Waals surface area (Å²) in [6.45, 7) is 2.09. The van der Waals surface area contributed by atoms with Crippen LogP contribution in [0.1, 0.15) is 24.8 Å². The zero-order valence-corrected chi connectivity index (χ0v) is 16.6. The first-order valence-corrected chi connectivity index (χ1v) is 10.3. The molecular formula is C21H21BrN2O3. The summed E-state index contributed by atoms with van der Waals surface area (Å²) in [6, 6.07) is 7.70. The Kier molecular flexibility index (Phi) is 4.91. The third-order valence-corrected chi connectivity index (χ3v) is 5.92. The predicted octanol–water partition coefficient (Wildman–Crippen LogP) is 4.04. The number of nitrogens with one attached hydrogen (secondary N) is 2. The second kappa shape index (κ2) is 7.35. The molecule has 1 aromatic rings. The van der Waals surface area contributed by atoms with Crippen molar-refractivity contribution in [2.75, 3.05) is 17.3 Å². The van der Waals surface area contributed by atoms with Gasteiger partial charge in [0.2, 0.25) is 0 Å². The van der Waals surface area contributed by atoms with Crippen molar-refractivity contribution in [2.24, 2.45) is 5.92 Å². The van der Waals surface area contributed by atoms with Gasteiger partial charge in [-0.15, -0.1) is 0 Å². The molecule has 1 unspecified atom stereocenters. The van der Waals surface area contributed by atoms with Crippen LogP contribution in [0.2, 0.25) is 0 Å². The van der Waals surface area contributed by atoms with Crippen LogP contribution >= 0.6 is 15.9 Å². The van der Waals surface area contributed by atoms with Crippen LogP contribution < -0.4 is 10.6 Å². The molecule has 1 aliphatic heterocycles. The number of Topliss-reactive ketones (excluding diaryl/α,β-unsaturated/α-hetero) is 1. The van der Waals surface area contributed by atoms with Gasteiger partial charge in [0.1, 0.15) is 0 Å². The van der Waals surface area contributed by atoms with E-state index in [1.54, 1.807) is 6.92 Å². The molecule has 140 valence electrons. The van der Waals surface area contributed by atoms with Gasteiger partial charge in [-0.3, -0.25) is 4.79 Å². The van der Waals surface area contributed by atoms with Gasteiger partial charge in [0, 0.05) is 23.3 Å². The van der Waals surface area contributed by atoms with Crippen molar-refractivity contribution >= 4 is 33.5 Å². The van der Waals surface area contributed by atoms with E-state index in [1.165, 1.54) is 0 Å². The number of ketones is 1. The molecule has 0 saturated heterocycles. The Morgan fingerprint density at radius 3 is 2.89 bits per heavy atom. The number of halogens is 1. The normalized spacial score (nSPS) is 25.0. The number of alkyl halides is 1. The molecule has 0 spiro atoms. The number of alkyl carbamates (subject to hydrolysis) is 1. The van der Waals surface area contributed by atoms with Crippen molar-refractivity contribution in [1.82, 2.24) is 5.32 Å². The highest BCUT2D eigenvalue weighted by Gasteiger charge is 2.44. The largest absolute Gasteiger partial charge is 0.450 e. The maximum Gasteiger partial charge on any atom is 0.407 e. The topological polar surface area (TPSA) is 67.4 Å². The van der Waals surface area contributed by atoms with E-state index in [2.05, 4.69) is 44.8 Å². The van der Waals surface area contributed by atoms with Crippen LogP contribution in [-0.4, -0.2) is 29.9 Å². The highest BCUT2D eigenvalue weighted by Crippen LogP contribution is 2.49. The molecule has 1 amide bonds. The zero-order valence-electron chi connectivity index (χ0n) is 15.0. The molecule has 0 bridgehead atoms. The van der Waals surface area contributed by atoms with Gasteiger partial charge in [0.05, 0.1) is 17.9 Å². The van der Waals surface area contributed by atoms with Crippen molar-refractivity contribution < 1.29 is 14.3 Å². The Labute approximate surface area is 166 Å². The van der Waals surface area contributed by atoms with Gasteiger partial charge < -0.3 is 15.4 Å². The van der Waals surface area contributed by atoms with E-state index < -0.39 is 6.09 Å². The van der Waals surface area contributed by atoms with E-state index in [1.807, 2.05) is 24.3 Å². The molecule has 3 aliphatic rings. The maximum atomic E-state index is 13.0. The number of para-hydroxylation sites is 1. The number of carbonyl (C=O) groups is 2. The molecule has 6 heteroatoms. The van der Waals surface area contributed by atoms with E-state index in [-0.39, 0.29) is 29.0 Å². The fourth-order valence-electron chi connectivity index (χ4n) is 4.32. The molecule has 2 N–H and O–H groups in total. The van der Waals surface area contributed by atoms with Crippen molar-refractivity contribution in [1.29, 1.82) is 0 Å². The Morgan fingerprint density at radius 2 is 2.11 bits per heavy atom. The summed E-state index contributed by atoms with van der Waals surface area (Å²) >= 11 is 3.36. The molecule has 5 nitrogen and oxygen atoms in total. The molecule has 1 aromatic carbocycles. The van der Waals surface area contributed by atoms with Gasteiger partial charge in [-0.05, 0) is 42.2 Å². The fraction of sp³-hybridized carbons (Fsp3) is 0.333. The summed E-state index contributed by atoms with van der Waals surface area (Å²) in [5.74, 6) is -0.400. The summed E-state index contributed by atoms with van der Waals surface area (Å²) in [5, 5.41) is 6.76. The zero-order chi connectivity index (χ0) is 19.0. The lowest BCUT2D eigenvalue weighted by molar-refractivity contribution is -0.119. The predicted molar refractivity (Wildman–Crippen MR) is 108 cm³/mol. The molecule has 2 aliphatic carbocycles. The average Bonchev–Trinajstić information content (AvgIpc) is 3.00. The SMILES string of the molecule is CCOC(=O)N[C@H]1CC=C2C=CC3=C2[C@H]1C(C(=O)CBr)c1ccccc1N3. The monoisotopic (exact) mass is 428 g/mol. The number of anilines is 1. The lowest BCUT2D eigenvalue weighted by Gasteiger charge is -2.36. The Bertz CT molecular complexity index is 887. The van der Waals surface area contributed by atoms with E-state index >= 15 is 0 Å². The first-order valence-electron chi connectivity index (χ1n) is 9.14. The Balaban J connectivity index is 1.84. The smallest absolute Gasteiger partial charge is 0.407 e.